The Bertz CT molecular complexity index is 1660. The largest absolute Gasteiger partial charge is 0.496 e. The molecule has 10 heteroatoms. The highest BCUT2D eigenvalue weighted by Crippen LogP contribution is 2.30. The molecule has 1 atom stereocenters. The van der Waals surface area contributed by atoms with Crippen LogP contribution in [0.4, 0.5) is 5.69 Å². The summed E-state index contributed by atoms with van der Waals surface area (Å²) in [5, 5.41) is 12.2. The first-order valence-electron chi connectivity index (χ1n) is 12.2. The molecule has 3 N–H and O–H groups in total. The summed E-state index contributed by atoms with van der Waals surface area (Å²) in [5.41, 5.74) is 3.26. The molecule has 0 bridgehead atoms. The van der Waals surface area contributed by atoms with Crippen LogP contribution in [-0.4, -0.2) is 38.6 Å². The number of para-hydroxylation sites is 1. The van der Waals surface area contributed by atoms with Crippen molar-refractivity contribution in [1.82, 2.24) is 5.32 Å². The first kappa shape index (κ1) is 28.7. The number of amides is 1. The molecule has 0 aliphatic carbocycles. The van der Waals surface area contributed by atoms with E-state index in [1.54, 1.807) is 44.4 Å². The highest BCUT2D eigenvalue weighted by atomic mass is 35.5. The van der Waals surface area contributed by atoms with Crippen molar-refractivity contribution < 1.29 is 27.9 Å². The normalized spacial score (nSPS) is 11.9. The highest BCUT2D eigenvalue weighted by Gasteiger charge is 2.23. The third-order valence-electron chi connectivity index (χ3n) is 6.26. The molecule has 0 aliphatic rings. The second-order valence-corrected chi connectivity index (χ2v) is 11.1. The van der Waals surface area contributed by atoms with E-state index in [2.05, 4.69) is 10.0 Å². The van der Waals surface area contributed by atoms with Gasteiger partial charge in [0.25, 0.3) is 15.9 Å². The molecular weight excluding hydrogens is 552 g/mol. The van der Waals surface area contributed by atoms with Crippen molar-refractivity contribution in [3.63, 3.8) is 0 Å². The molecule has 0 aromatic heterocycles. The fourth-order valence-corrected chi connectivity index (χ4v) is 5.77. The average Bonchev–Trinajstić information content (AvgIpc) is 2.93. The van der Waals surface area contributed by atoms with Crippen LogP contribution < -0.4 is 14.8 Å². The molecule has 4 rings (SSSR count). The predicted octanol–water partition coefficient (Wildman–Crippen LogP) is 5.55. The number of aryl methyl sites for hydroxylation is 1. The number of carbonyl (C=O) groups is 2. The molecule has 0 unspecified atom stereocenters. The zero-order chi connectivity index (χ0) is 28.9. The Morgan fingerprint density at radius 2 is 1.62 bits per heavy atom. The molecular formula is C30H27ClN2O6S. The molecule has 0 spiro atoms. The van der Waals surface area contributed by atoms with Gasteiger partial charge >= 0.3 is 5.97 Å². The van der Waals surface area contributed by atoms with Crippen LogP contribution >= 0.6 is 11.6 Å². The van der Waals surface area contributed by atoms with E-state index in [0.29, 0.717) is 11.1 Å². The quantitative estimate of drug-likeness (QED) is 0.227. The van der Waals surface area contributed by atoms with Crippen LogP contribution in [0, 0.1) is 6.92 Å². The molecule has 0 fully saturated rings. The number of carboxylic acids is 1. The number of nitrogens with one attached hydrogen (secondary N) is 2. The fraction of sp³-hybridized carbons (Fsp3) is 0.133. The van der Waals surface area contributed by atoms with E-state index >= 15 is 0 Å². The van der Waals surface area contributed by atoms with Crippen molar-refractivity contribution in [2.75, 3.05) is 11.8 Å². The fourth-order valence-electron chi connectivity index (χ4n) is 4.21. The van der Waals surface area contributed by atoms with Gasteiger partial charge in [-0.25, -0.2) is 13.2 Å². The smallest absolute Gasteiger partial charge is 0.326 e. The number of rotatable bonds is 10. The minimum Gasteiger partial charge on any atom is -0.496 e. The minimum absolute atomic E-state index is 0.0123. The molecule has 0 aliphatic heterocycles. The molecule has 0 saturated heterocycles. The lowest BCUT2D eigenvalue weighted by atomic mass is 10.00. The average molecular weight is 579 g/mol. The first-order valence-corrected chi connectivity index (χ1v) is 14.1. The van der Waals surface area contributed by atoms with Gasteiger partial charge in [0.2, 0.25) is 0 Å². The summed E-state index contributed by atoms with van der Waals surface area (Å²) in [5.74, 6) is -1.19. The molecule has 8 nitrogen and oxygen atoms in total. The summed E-state index contributed by atoms with van der Waals surface area (Å²) in [6, 6.07) is 24.2. The summed E-state index contributed by atoms with van der Waals surface area (Å²) in [6.45, 7) is 1.68. The van der Waals surface area contributed by atoms with Gasteiger partial charge in [0, 0.05) is 12.0 Å². The molecule has 1 amide bonds. The van der Waals surface area contributed by atoms with Crippen LogP contribution in [-0.2, 0) is 21.2 Å². The number of hydrogen-bond acceptors (Lipinski definition) is 5. The third-order valence-corrected chi connectivity index (χ3v) is 8.12. The van der Waals surface area contributed by atoms with E-state index in [1.165, 1.54) is 24.3 Å². The highest BCUT2D eigenvalue weighted by molar-refractivity contribution is 7.92. The standard InChI is InChI=1S/C30H27ClN2O6S/c1-19-7-3-6-10-28(19)40(37,38)33-22-15-16-24(25(31)18-22)29(34)32-26(30(35)36)17-20-11-13-21(14-12-20)23-8-4-5-9-27(23)39-2/h3-16,18,26,33H,17H2,1-2H3,(H,32,34)(H,35,36)/t26-/m0/s1. The third kappa shape index (κ3) is 6.62. The van der Waals surface area contributed by atoms with Crippen LogP contribution in [0.2, 0.25) is 5.02 Å². The summed E-state index contributed by atoms with van der Waals surface area (Å²) >= 11 is 6.30. The van der Waals surface area contributed by atoms with E-state index in [9.17, 15) is 23.1 Å². The monoisotopic (exact) mass is 578 g/mol. The topological polar surface area (TPSA) is 122 Å². The number of carbonyl (C=O) groups excluding carboxylic acids is 1. The van der Waals surface area contributed by atoms with Crippen LogP contribution in [0.25, 0.3) is 11.1 Å². The Morgan fingerprint density at radius 3 is 2.27 bits per heavy atom. The van der Waals surface area contributed by atoms with Gasteiger partial charge in [0.15, 0.2) is 0 Å². The summed E-state index contributed by atoms with van der Waals surface area (Å²) in [4.78, 5) is 25.0. The second kappa shape index (κ2) is 12.2. The lowest BCUT2D eigenvalue weighted by Crippen LogP contribution is -2.42. The number of hydrogen-bond donors (Lipinski definition) is 3. The van der Waals surface area contributed by atoms with E-state index in [-0.39, 0.29) is 27.6 Å². The molecule has 40 heavy (non-hydrogen) atoms. The lowest BCUT2D eigenvalue weighted by Gasteiger charge is -2.16. The zero-order valence-corrected chi connectivity index (χ0v) is 23.3. The molecule has 0 radical (unpaired) electrons. The van der Waals surface area contributed by atoms with E-state index < -0.39 is 27.9 Å². The number of halogens is 1. The van der Waals surface area contributed by atoms with Crippen molar-refractivity contribution in [2.24, 2.45) is 0 Å². The van der Waals surface area contributed by atoms with Crippen LogP contribution in [0.5, 0.6) is 5.75 Å². The lowest BCUT2D eigenvalue weighted by molar-refractivity contribution is -0.139. The summed E-state index contributed by atoms with van der Waals surface area (Å²) < 4.78 is 33.4. The summed E-state index contributed by atoms with van der Waals surface area (Å²) in [6.07, 6.45) is 0.0409. The predicted molar refractivity (Wildman–Crippen MR) is 154 cm³/mol. The van der Waals surface area contributed by atoms with Gasteiger partial charge in [-0.05, 0) is 53.9 Å². The minimum atomic E-state index is -3.88. The number of anilines is 1. The van der Waals surface area contributed by atoms with E-state index in [4.69, 9.17) is 16.3 Å². The van der Waals surface area contributed by atoms with Gasteiger partial charge in [-0.2, -0.15) is 0 Å². The van der Waals surface area contributed by atoms with Gasteiger partial charge in [0.1, 0.15) is 11.8 Å². The maximum Gasteiger partial charge on any atom is 0.326 e. The Balaban J connectivity index is 1.46. The van der Waals surface area contributed by atoms with Gasteiger partial charge in [-0.3, -0.25) is 9.52 Å². The maximum absolute atomic E-state index is 12.9. The van der Waals surface area contributed by atoms with Crippen molar-refractivity contribution >= 4 is 39.2 Å². The Morgan fingerprint density at radius 1 is 0.950 bits per heavy atom. The van der Waals surface area contributed by atoms with E-state index in [0.717, 1.165) is 16.9 Å². The van der Waals surface area contributed by atoms with Crippen LogP contribution in [0.15, 0.2) is 95.9 Å². The number of aliphatic carboxylic acids is 1. The molecule has 4 aromatic rings. The van der Waals surface area contributed by atoms with Gasteiger partial charge in [0.05, 0.1) is 28.3 Å². The van der Waals surface area contributed by atoms with E-state index in [1.807, 2.05) is 36.4 Å². The molecule has 206 valence electrons. The molecule has 0 saturated carbocycles. The number of benzene rings is 4. The number of methoxy groups -OCH3 is 1. The Kier molecular flexibility index (Phi) is 8.77. The number of carboxylic acid groups (broad SMARTS) is 1. The molecule has 4 aromatic carbocycles. The van der Waals surface area contributed by atoms with Gasteiger partial charge < -0.3 is 15.2 Å². The van der Waals surface area contributed by atoms with Crippen LogP contribution in [0.3, 0.4) is 0 Å². The Labute approximate surface area is 237 Å². The molecule has 0 heterocycles. The zero-order valence-electron chi connectivity index (χ0n) is 21.7. The van der Waals surface area contributed by atoms with Crippen molar-refractivity contribution in [1.29, 1.82) is 0 Å². The van der Waals surface area contributed by atoms with Gasteiger partial charge in [-0.1, -0.05) is 72.3 Å². The van der Waals surface area contributed by atoms with Gasteiger partial charge in [-0.15, -0.1) is 0 Å². The summed E-state index contributed by atoms with van der Waals surface area (Å²) in [7, 11) is -2.28. The maximum atomic E-state index is 12.9. The van der Waals surface area contributed by atoms with Crippen LogP contribution in [0.1, 0.15) is 21.5 Å². The first-order chi connectivity index (χ1) is 19.1. The van der Waals surface area contributed by atoms with Crippen molar-refractivity contribution in [3.8, 4) is 16.9 Å². The SMILES string of the molecule is COc1ccccc1-c1ccc(C[C@H](NC(=O)c2ccc(NS(=O)(=O)c3ccccc3C)cc2Cl)C(=O)O)cc1. The Hall–Kier alpha value is -4.34. The second-order valence-electron chi connectivity index (χ2n) is 9.03. The van der Waals surface area contributed by atoms with Crippen molar-refractivity contribution in [3.05, 3.63) is 113 Å². The van der Waals surface area contributed by atoms with Crippen molar-refractivity contribution in [2.45, 2.75) is 24.3 Å². The number of sulfonamides is 1. The number of ether oxygens (including phenoxy) is 1.